The van der Waals surface area contributed by atoms with Crippen molar-refractivity contribution in [2.75, 3.05) is 0 Å². The number of aliphatic hydroxyl groups is 1. The van der Waals surface area contributed by atoms with Crippen molar-refractivity contribution in [2.45, 2.75) is 0 Å². The Bertz CT molecular complexity index is 15.1. The van der Waals surface area contributed by atoms with Crippen LogP contribution < -0.4 is 0 Å². The second kappa shape index (κ2) is 29.5. The van der Waals surface area contributed by atoms with Gasteiger partial charge in [0.15, 0.2) is 0 Å². The van der Waals surface area contributed by atoms with E-state index >= 15 is 0 Å². The number of hydrogen-bond acceptors (Lipinski definition) is 2. The SMILES string of the molecule is O=[CH][V].[CH2]O. The van der Waals surface area contributed by atoms with Gasteiger partial charge in [-0.2, -0.15) is 0 Å². The summed E-state index contributed by atoms with van der Waals surface area (Å²) in [6.07, 6.45) is 0. The maximum Gasteiger partial charge on any atom is 0.0662 e. The van der Waals surface area contributed by atoms with Gasteiger partial charge in [-0.15, -0.1) is 0 Å². The molecule has 0 rings (SSSR count). The Labute approximate surface area is 40.2 Å². The van der Waals surface area contributed by atoms with Crippen LogP contribution in [0.5, 0.6) is 0 Å². The van der Waals surface area contributed by atoms with E-state index in [0.717, 1.165) is 0 Å². The molecule has 0 aromatic heterocycles. The zero-order chi connectivity index (χ0) is 4.71. The van der Waals surface area contributed by atoms with Crippen molar-refractivity contribution in [3.8, 4) is 0 Å². The molecule has 0 aliphatic rings. The van der Waals surface area contributed by atoms with E-state index in [1.54, 1.807) is 17.4 Å². The van der Waals surface area contributed by atoms with Crippen molar-refractivity contribution in [2.24, 2.45) is 0 Å². The first-order valence-electron chi connectivity index (χ1n) is 0.810. The Kier molecular flexibility index (Phi) is 52.9. The summed E-state index contributed by atoms with van der Waals surface area (Å²) in [5.74, 6) is 0. The van der Waals surface area contributed by atoms with Crippen molar-refractivity contribution in [1.82, 2.24) is 0 Å². The summed E-state index contributed by atoms with van der Waals surface area (Å²) >= 11 is 1.78. The average Bonchev–Trinajstić information content (AvgIpc) is 1.46. The van der Waals surface area contributed by atoms with Gasteiger partial charge in [-0.25, -0.2) is 0 Å². The monoisotopic (exact) mass is 111 g/mol. The molecule has 29 valence electrons. The average molecular weight is 111 g/mol. The van der Waals surface area contributed by atoms with Gasteiger partial charge >= 0.3 is 27.2 Å². The molecule has 0 aliphatic heterocycles. The van der Waals surface area contributed by atoms with E-state index in [4.69, 9.17) is 9.90 Å². The van der Waals surface area contributed by atoms with E-state index in [-0.39, 0.29) is 0 Å². The number of aliphatic hydroxyl groups excluding tert-OH is 1. The quantitative estimate of drug-likeness (QED) is 0.442. The summed E-state index contributed by atoms with van der Waals surface area (Å²) in [7, 11) is 2.25. The van der Waals surface area contributed by atoms with Crippen molar-refractivity contribution < 1.29 is 27.3 Å². The molecule has 5 heavy (non-hydrogen) atoms. The first kappa shape index (κ1) is 8.96. The molecule has 3 heteroatoms. The molecule has 1 radical (unpaired) electrons. The predicted molar refractivity (Wildman–Crippen MR) is 14.0 cm³/mol. The van der Waals surface area contributed by atoms with Crippen LogP contribution in [0.15, 0.2) is 0 Å². The van der Waals surface area contributed by atoms with Crippen LogP contribution in [0.1, 0.15) is 0 Å². The van der Waals surface area contributed by atoms with Crippen LogP contribution in [0.4, 0.5) is 0 Å². The number of rotatable bonds is 0. The molecular weight excluding hydrogens is 107 g/mol. The van der Waals surface area contributed by atoms with E-state index in [2.05, 4.69) is 7.11 Å². The van der Waals surface area contributed by atoms with Gasteiger partial charge in [0.25, 0.3) is 0 Å². The zero-order valence-electron chi connectivity index (χ0n) is 2.59. The molecule has 0 bridgehead atoms. The molecule has 0 aliphatic carbocycles. The third-order valence-electron chi connectivity index (χ3n) is 0. The van der Waals surface area contributed by atoms with Gasteiger partial charge in [0, 0.05) is 0 Å². The molecule has 2 nitrogen and oxygen atoms in total. The van der Waals surface area contributed by atoms with Crippen LogP contribution in [0, 0.1) is 7.11 Å². The summed E-state index contributed by atoms with van der Waals surface area (Å²) < 4.78 is 0. The van der Waals surface area contributed by atoms with E-state index in [0.29, 0.717) is 5.00 Å². The molecule has 0 saturated heterocycles. The molecule has 0 aromatic rings. The first-order chi connectivity index (χ1) is 2.41. The Balaban J connectivity index is 0. The van der Waals surface area contributed by atoms with Crippen molar-refractivity contribution in [3.05, 3.63) is 7.11 Å². The summed E-state index contributed by atoms with van der Waals surface area (Å²) in [6.45, 7) is 0. The summed E-state index contributed by atoms with van der Waals surface area (Å²) in [5, 5.41) is 6.75. The van der Waals surface area contributed by atoms with Crippen molar-refractivity contribution in [1.29, 1.82) is 0 Å². The number of carbonyl (C=O) groups is 1. The minimum Gasteiger partial charge on any atom is -0.394 e. The number of carbonyl (C=O) groups excluding carboxylic acids is 1. The van der Waals surface area contributed by atoms with Crippen molar-refractivity contribution in [3.63, 3.8) is 0 Å². The molecule has 0 fully saturated rings. The van der Waals surface area contributed by atoms with Gasteiger partial charge in [0.1, 0.15) is 0 Å². The van der Waals surface area contributed by atoms with Gasteiger partial charge in [0.2, 0.25) is 0 Å². The summed E-state index contributed by atoms with van der Waals surface area (Å²) in [4.78, 5) is 9.47. The minimum absolute atomic E-state index is 0.688. The van der Waals surface area contributed by atoms with E-state index in [1.807, 2.05) is 0 Å². The predicted octanol–water partition coefficient (Wildman–Crippen LogP) is -0.126. The Hall–Kier alpha value is 0.214. The number of hydrogen-bond donors (Lipinski definition) is 1. The van der Waals surface area contributed by atoms with Gasteiger partial charge in [-0.05, 0) is 0 Å². The molecule has 0 heterocycles. The molecule has 0 amide bonds. The summed E-state index contributed by atoms with van der Waals surface area (Å²) in [6, 6.07) is 0. The van der Waals surface area contributed by atoms with Crippen LogP contribution in [0.25, 0.3) is 0 Å². The maximum absolute atomic E-state index is 8.78. The molecular formula is C2H4O2V. The van der Waals surface area contributed by atoms with Gasteiger partial charge in [0.05, 0.1) is 7.11 Å². The fourth-order valence-electron chi connectivity index (χ4n) is 0. The Morgan fingerprint density at radius 2 is 1.80 bits per heavy atom. The second-order valence-corrected chi connectivity index (χ2v) is 0.435. The zero-order valence-corrected chi connectivity index (χ0v) is 3.98. The van der Waals surface area contributed by atoms with Gasteiger partial charge in [-0.3, -0.25) is 0 Å². The second-order valence-electron chi connectivity index (χ2n) is 0.105. The normalized spacial score (nSPS) is 3.60. The standard InChI is InChI=1S/CH3O.CHO.V/c2*1-2;/h2H,1H2;1H;. The molecule has 0 atom stereocenters. The van der Waals surface area contributed by atoms with E-state index in [1.165, 1.54) is 0 Å². The Morgan fingerprint density at radius 1 is 1.80 bits per heavy atom. The van der Waals surface area contributed by atoms with Crippen LogP contribution in [0.2, 0.25) is 0 Å². The van der Waals surface area contributed by atoms with Crippen LogP contribution in [-0.4, -0.2) is 10.1 Å². The van der Waals surface area contributed by atoms with Crippen molar-refractivity contribution >= 4 is 5.00 Å². The maximum atomic E-state index is 8.78. The van der Waals surface area contributed by atoms with Crippen LogP contribution >= 0.6 is 0 Å². The fourth-order valence-corrected chi connectivity index (χ4v) is 0. The molecule has 0 aromatic carbocycles. The smallest absolute Gasteiger partial charge is 0.0662 e. The first-order valence-corrected chi connectivity index (χ1v) is 1.62. The molecule has 1 N–H and O–H groups in total. The third-order valence-corrected chi connectivity index (χ3v) is 0. The van der Waals surface area contributed by atoms with Crippen LogP contribution in [-0.2, 0) is 22.2 Å². The Morgan fingerprint density at radius 3 is 1.80 bits per heavy atom. The fraction of sp³-hybridized carbons (Fsp3) is 0. The largest absolute Gasteiger partial charge is 0.394 e. The van der Waals surface area contributed by atoms with Gasteiger partial charge < -0.3 is 5.11 Å². The third kappa shape index (κ3) is 450. The van der Waals surface area contributed by atoms with E-state index < -0.39 is 0 Å². The minimum atomic E-state index is 0.688. The molecule has 0 saturated carbocycles. The summed E-state index contributed by atoms with van der Waals surface area (Å²) in [5.41, 5.74) is 0. The van der Waals surface area contributed by atoms with Gasteiger partial charge in [-0.1, -0.05) is 0 Å². The van der Waals surface area contributed by atoms with Crippen LogP contribution in [0.3, 0.4) is 0 Å². The molecule has 0 spiro atoms. The van der Waals surface area contributed by atoms with E-state index in [9.17, 15) is 0 Å². The topological polar surface area (TPSA) is 37.3 Å². The molecule has 0 unspecified atom stereocenters.